The molecule has 0 spiro atoms. The Kier molecular flexibility index (Phi) is 3.58. The minimum absolute atomic E-state index is 1.14. The molecule has 0 amide bonds. The average molecular weight is 273 g/mol. The fourth-order valence-corrected chi connectivity index (χ4v) is 2.14. The first-order valence-corrected chi connectivity index (χ1v) is 6.04. The van der Waals surface area contributed by atoms with E-state index in [0.29, 0.717) is 0 Å². The Hall–Kier alpha value is -1.34. The summed E-state index contributed by atoms with van der Waals surface area (Å²) < 4.78 is 1.14. The molecule has 80 valence electrons. The van der Waals surface area contributed by atoms with Gasteiger partial charge in [-0.1, -0.05) is 70.5 Å². The van der Waals surface area contributed by atoms with Crippen LogP contribution in [0.3, 0.4) is 0 Å². The maximum atomic E-state index is 3.57. The molecule has 0 fully saturated rings. The normalized spacial score (nSPS) is 10.9. The number of hydrogen-bond acceptors (Lipinski definition) is 0. The van der Waals surface area contributed by atoms with Gasteiger partial charge in [-0.15, -0.1) is 0 Å². The van der Waals surface area contributed by atoms with Gasteiger partial charge in [-0.05, 0) is 29.7 Å². The van der Waals surface area contributed by atoms with Gasteiger partial charge >= 0.3 is 0 Å². The van der Waals surface area contributed by atoms with E-state index in [9.17, 15) is 0 Å². The highest BCUT2D eigenvalue weighted by Crippen LogP contribution is 2.20. The van der Waals surface area contributed by atoms with E-state index in [0.717, 1.165) is 4.47 Å². The van der Waals surface area contributed by atoms with Gasteiger partial charge in [0.25, 0.3) is 0 Å². The maximum Gasteiger partial charge on any atom is 0.0250 e. The van der Waals surface area contributed by atoms with Crippen LogP contribution in [0.4, 0.5) is 0 Å². The van der Waals surface area contributed by atoms with Crippen LogP contribution in [0.1, 0.15) is 16.7 Å². The van der Waals surface area contributed by atoms with Crippen LogP contribution >= 0.6 is 15.9 Å². The van der Waals surface area contributed by atoms with Crippen molar-refractivity contribution in [3.05, 3.63) is 69.7 Å². The highest BCUT2D eigenvalue weighted by atomic mass is 79.9. The Balaban J connectivity index is 2.24. The topological polar surface area (TPSA) is 0 Å². The zero-order valence-corrected chi connectivity index (χ0v) is 10.7. The van der Waals surface area contributed by atoms with Gasteiger partial charge in [0.1, 0.15) is 0 Å². The summed E-state index contributed by atoms with van der Waals surface area (Å²) in [5, 5.41) is 0. The molecular weight excluding hydrogens is 260 g/mol. The number of aryl methyl sites for hydroxylation is 1. The van der Waals surface area contributed by atoms with Gasteiger partial charge in [-0.3, -0.25) is 0 Å². The molecule has 0 atom stereocenters. The molecule has 16 heavy (non-hydrogen) atoms. The molecule has 0 bridgehead atoms. The Morgan fingerprint density at radius 3 is 2.38 bits per heavy atom. The first-order chi connectivity index (χ1) is 7.75. The minimum Gasteiger partial charge on any atom is -0.0622 e. The third kappa shape index (κ3) is 2.83. The van der Waals surface area contributed by atoms with E-state index in [2.05, 4.69) is 65.3 Å². The fourth-order valence-electron chi connectivity index (χ4n) is 1.52. The largest absolute Gasteiger partial charge is 0.0622 e. The van der Waals surface area contributed by atoms with Crippen molar-refractivity contribution in [3.63, 3.8) is 0 Å². The first-order valence-electron chi connectivity index (χ1n) is 5.25. The second kappa shape index (κ2) is 5.13. The second-order valence-corrected chi connectivity index (χ2v) is 4.62. The van der Waals surface area contributed by atoms with Crippen molar-refractivity contribution in [2.45, 2.75) is 6.92 Å². The van der Waals surface area contributed by atoms with Gasteiger partial charge in [0, 0.05) is 4.47 Å². The molecule has 0 heterocycles. The zero-order valence-electron chi connectivity index (χ0n) is 9.15. The van der Waals surface area contributed by atoms with Crippen LogP contribution in [0.5, 0.6) is 0 Å². The molecule has 2 aromatic carbocycles. The van der Waals surface area contributed by atoms with Crippen molar-refractivity contribution in [3.8, 4) is 0 Å². The predicted octanol–water partition coefficient (Wildman–Crippen LogP) is 4.93. The van der Waals surface area contributed by atoms with Gasteiger partial charge in [-0.25, -0.2) is 0 Å². The molecule has 1 heteroatoms. The quantitative estimate of drug-likeness (QED) is 0.681. The standard InChI is InChI=1S/C15H13Br/c1-12-7-9-14(15(16)11-12)10-8-13-5-3-2-4-6-13/h2-11H,1H3/b10-8+. The number of rotatable bonds is 2. The van der Waals surface area contributed by atoms with E-state index < -0.39 is 0 Å². The van der Waals surface area contributed by atoms with Crippen molar-refractivity contribution in [1.29, 1.82) is 0 Å². The summed E-state index contributed by atoms with van der Waals surface area (Å²) in [5.74, 6) is 0. The van der Waals surface area contributed by atoms with Crippen LogP contribution in [0.25, 0.3) is 12.2 Å². The molecule has 0 aliphatic carbocycles. The molecule has 0 saturated heterocycles. The molecule has 0 N–H and O–H groups in total. The molecule has 2 rings (SSSR count). The molecule has 0 aromatic heterocycles. The smallest absolute Gasteiger partial charge is 0.0250 e. The van der Waals surface area contributed by atoms with Crippen molar-refractivity contribution in [2.24, 2.45) is 0 Å². The molecule has 2 aromatic rings. The highest BCUT2D eigenvalue weighted by Gasteiger charge is 1.95. The third-order valence-corrected chi connectivity index (χ3v) is 3.10. The Morgan fingerprint density at radius 1 is 0.938 bits per heavy atom. The summed E-state index contributed by atoms with van der Waals surface area (Å²) >= 11 is 3.57. The molecule has 0 unspecified atom stereocenters. The maximum absolute atomic E-state index is 3.57. The monoisotopic (exact) mass is 272 g/mol. The summed E-state index contributed by atoms with van der Waals surface area (Å²) in [4.78, 5) is 0. The van der Waals surface area contributed by atoms with Crippen molar-refractivity contribution in [1.82, 2.24) is 0 Å². The van der Waals surface area contributed by atoms with Gasteiger partial charge in [-0.2, -0.15) is 0 Å². The minimum atomic E-state index is 1.14. The van der Waals surface area contributed by atoms with E-state index >= 15 is 0 Å². The Bertz CT molecular complexity index is 498. The lowest BCUT2D eigenvalue weighted by Crippen LogP contribution is -1.78. The van der Waals surface area contributed by atoms with Gasteiger partial charge in [0.15, 0.2) is 0 Å². The fraction of sp³-hybridized carbons (Fsp3) is 0.0667. The Labute approximate surface area is 105 Å². The predicted molar refractivity (Wildman–Crippen MR) is 74.2 cm³/mol. The number of halogens is 1. The third-order valence-electron chi connectivity index (χ3n) is 2.41. The average Bonchev–Trinajstić information content (AvgIpc) is 2.29. The summed E-state index contributed by atoms with van der Waals surface area (Å²) in [6.07, 6.45) is 4.24. The Morgan fingerprint density at radius 2 is 1.69 bits per heavy atom. The van der Waals surface area contributed by atoms with E-state index in [1.807, 2.05) is 18.2 Å². The molecule has 0 radical (unpaired) electrons. The molecular formula is C15H13Br. The van der Waals surface area contributed by atoms with Crippen LogP contribution in [0, 0.1) is 6.92 Å². The molecule has 0 saturated carbocycles. The lowest BCUT2D eigenvalue weighted by Gasteiger charge is -2.00. The first kappa shape index (κ1) is 11.2. The van der Waals surface area contributed by atoms with Crippen molar-refractivity contribution >= 4 is 28.1 Å². The van der Waals surface area contributed by atoms with Gasteiger partial charge in [0.2, 0.25) is 0 Å². The van der Waals surface area contributed by atoms with Gasteiger partial charge in [0.05, 0.1) is 0 Å². The second-order valence-electron chi connectivity index (χ2n) is 3.77. The summed E-state index contributed by atoms with van der Waals surface area (Å²) in [6, 6.07) is 16.7. The summed E-state index contributed by atoms with van der Waals surface area (Å²) in [5.41, 5.74) is 3.69. The SMILES string of the molecule is Cc1ccc(/C=C/c2ccccc2)c(Br)c1. The van der Waals surface area contributed by atoms with Crippen LogP contribution in [0.15, 0.2) is 53.0 Å². The lowest BCUT2D eigenvalue weighted by molar-refractivity contribution is 1.44. The summed E-state index contributed by atoms with van der Waals surface area (Å²) in [6.45, 7) is 2.09. The van der Waals surface area contributed by atoms with Crippen LogP contribution < -0.4 is 0 Å². The molecule has 0 nitrogen and oxygen atoms in total. The van der Waals surface area contributed by atoms with Gasteiger partial charge < -0.3 is 0 Å². The van der Waals surface area contributed by atoms with Crippen LogP contribution in [0.2, 0.25) is 0 Å². The van der Waals surface area contributed by atoms with E-state index in [-0.39, 0.29) is 0 Å². The molecule has 0 aliphatic rings. The van der Waals surface area contributed by atoms with Crippen molar-refractivity contribution < 1.29 is 0 Å². The zero-order chi connectivity index (χ0) is 11.4. The van der Waals surface area contributed by atoms with Crippen LogP contribution in [-0.2, 0) is 0 Å². The van der Waals surface area contributed by atoms with E-state index in [4.69, 9.17) is 0 Å². The number of hydrogen-bond donors (Lipinski definition) is 0. The van der Waals surface area contributed by atoms with Crippen molar-refractivity contribution in [2.75, 3.05) is 0 Å². The highest BCUT2D eigenvalue weighted by molar-refractivity contribution is 9.10. The lowest BCUT2D eigenvalue weighted by atomic mass is 10.1. The summed E-state index contributed by atoms with van der Waals surface area (Å²) in [7, 11) is 0. The number of benzene rings is 2. The van der Waals surface area contributed by atoms with E-state index in [1.165, 1.54) is 16.7 Å². The van der Waals surface area contributed by atoms with E-state index in [1.54, 1.807) is 0 Å². The molecule has 0 aliphatic heterocycles. The van der Waals surface area contributed by atoms with Crippen LogP contribution in [-0.4, -0.2) is 0 Å².